The Balaban J connectivity index is 2.42. The van der Waals surface area contributed by atoms with Crippen LogP contribution in [0.15, 0.2) is 18.3 Å². The summed E-state index contributed by atoms with van der Waals surface area (Å²) in [5, 5.41) is 12.8. The first-order chi connectivity index (χ1) is 7.67. The highest BCUT2D eigenvalue weighted by Gasteiger charge is 2.14. The summed E-state index contributed by atoms with van der Waals surface area (Å²) in [5.74, 6) is 0. The topological polar surface area (TPSA) is 45.1 Å². The molecule has 1 aromatic rings. The van der Waals surface area contributed by atoms with E-state index in [1.807, 2.05) is 25.4 Å². The van der Waals surface area contributed by atoms with Crippen LogP contribution in [-0.2, 0) is 6.54 Å². The predicted octanol–water partition coefficient (Wildman–Crippen LogP) is 1.59. The Kier molecular flexibility index (Phi) is 5.80. The number of aliphatic hydroxyl groups excluding tert-OH is 1. The van der Waals surface area contributed by atoms with Gasteiger partial charge in [0, 0.05) is 29.7 Å². The monoisotopic (exact) mass is 240 g/mol. The highest BCUT2D eigenvalue weighted by Crippen LogP contribution is 2.10. The minimum atomic E-state index is 0.210. The minimum Gasteiger partial charge on any atom is -0.395 e. The normalized spacial score (nSPS) is 14.8. The highest BCUT2D eigenvalue weighted by atomic mass is 32.2. The molecule has 2 unspecified atom stereocenters. The van der Waals surface area contributed by atoms with E-state index in [0.29, 0.717) is 6.04 Å². The van der Waals surface area contributed by atoms with Crippen LogP contribution in [0, 0.1) is 6.92 Å². The van der Waals surface area contributed by atoms with Crippen LogP contribution in [0.25, 0.3) is 0 Å². The van der Waals surface area contributed by atoms with Crippen LogP contribution in [0.3, 0.4) is 0 Å². The van der Waals surface area contributed by atoms with Crippen molar-refractivity contribution in [1.82, 2.24) is 10.3 Å². The first kappa shape index (κ1) is 13.5. The van der Waals surface area contributed by atoms with Gasteiger partial charge in [0.1, 0.15) is 0 Å². The Hall–Kier alpha value is -0.580. The minimum absolute atomic E-state index is 0.210. The molecule has 0 radical (unpaired) electrons. The molecule has 1 aromatic heterocycles. The van der Waals surface area contributed by atoms with Gasteiger partial charge in [-0.25, -0.2) is 0 Å². The lowest BCUT2D eigenvalue weighted by Gasteiger charge is -2.21. The van der Waals surface area contributed by atoms with Gasteiger partial charge >= 0.3 is 0 Å². The van der Waals surface area contributed by atoms with Gasteiger partial charge in [-0.2, -0.15) is 11.8 Å². The molecule has 3 nitrogen and oxygen atoms in total. The predicted molar refractivity (Wildman–Crippen MR) is 69.7 cm³/mol. The maximum absolute atomic E-state index is 9.16. The number of aromatic nitrogens is 1. The summed E-state index contributed by atoms with van der Waals surface area (Å²) in [4.78, 5) is 4.25. The van der Waals surface area contributed by atoms with Crippen LogP contribution in [0.2, 0.25) is 0 Å². The average Bonchev–Trinajstić information content (AvgIpc) is 2.30. The fraction of sp³-hybridized carbons (Fsp3) is 0.583. The quantitative estimate of drug-likeness (QED) is 0.792. The van der Waals surface area contributed by atoms with Crippen molar-refractivity contribution < 1.29 is 5.11 Å². The first-order valence-electron chi connectivity index (χ1n) is 5.46. The molecule has 0 aliphatic carbocycles. The smallest absolute Gasteiger partial charge is 0.0564 e. The number of nitrogens with one attached hydrogen (secondary N) is 1. The molecule has 0 bridgehead atoms. The maximum atomic E-state index is 9.16. The standard InChI is InChI=1S/C12H20N2OS/c1-9-4-5-11(6-13-9)7-14-10(2)12(8-15)16-3/h4-6,10,12,14-15H,7-8H2,1-3H3. The molecule has 0 saturated heterocycles. The molecule has 1 heterocycles. The SMILES string of the molecule is CSC(CO)C(C)NCc1ccc(C)nc1. The van der Waals surface area contributed by atoms with Gasteiger partial charge in [-0.1, -0.05) is 6.07 Å². The van der Waals surface area contributed by atoms with E-state index in [2.05, 4.69) is 23.3 Å². The number of thioether (sulfide) groups is 1. The molecule has 1 rings (SSSR count). The molecule has 0 aliphatic rings. The fourth-order valence-corrected chi connectivity index (χ4v) is 2.10. The van der Waals surface area contributed by atoms with Crippen LogP contribution in [-0.4, -0.2) is 34.2 Å². The van der Waals surface area contributed by atoms with Gasteiger partial charge in [-0.05, 0) is 31.7 Å². The zero-order valence-corrected chi connectivity index (χ0v) is 10.9. The van der Waals surface area contributed by atoms with E-state index in [9.17, 15) is 0 Å². The third kappa shape index (κ3) is 4.12. The zero-order chi connectivity index (χ0) is 12.0. The third-order valence-corrected chi connectivity index (χ3v) is 3.80. The molecule has 2 atom stereocenters. The molecule has 0 aliphatic heterocycles. The van der Waals surface area contributed by atoms with Crippen molar-refractivity contribution >= 4 is 11.8 Å². The average molecular weight is 240 g/mol. The van der Waals surface area contributed by atoms with Crippen molar-refractivity contribution in [1.29, 1.82) is 0 Å². The Bertz CT molecular complexity index is 298. The molecular weight excluding hydrogens is 220 g/mol. The Morgan fingerprint density at radius 2 is 2.25 bits per heavy atom. The van der Waals surface area contributed by atoms with Gasteiger partial charge in [0.25, 0.3) is 0 Å². The van der Waals surface area contributed by atoms with Gasteiger partial charge in [0.2, 0.25) is 0 Å². The third-order valence-electron chi connectivity index (χ3n) is 2.64. The number of hydrogen-bond acceptors (Lipinski definition) is 4. The van der Waals surface area contributed by atoms with E-state index in [1.54, 1.807) is 11.8 Å². The van der Waals surface area contributed by atoms with Crippen LogP contribution in [0.5, 0.6) is 0 Å². The van der Waals surface area contributed by atoms with Crippen molar-refractivity contribution in [3.8, 4) is 0 Å². The summed E-state index contributed by atoms with van der Waals surface area (Å²) < 4.78 is 0. The van der Waals surface area contributed by atoms with Gasteiger partial charge in [0.15, 0.2) is 0 Å². The molecule has 16 heavy (non-hydrogen) atoms. The van der Waals surface area contributed by atoms with Crippen LogP contribution < -0.4 is 5.32 Å². The largest absolute Gasteiger partial charge is 0.395 e. The first-order valence-corrected chi connectivity index (χ1v) is 6.74. The Morgan fingerprint density at radius 3 is 2.75 bits per heavy atom. The molecule has 0 saturated carbocycles. The van der Waals surface area contributed by atoms with E-state index in [-0.39, 0.29) is 11.9 Å². The summed E-state index contributed by atoms with van der Waals surface area (Å²) in [6.07, 6.45) is 3.91. The summed E-state index contributed by atoms with van der Waals surface area (Å²) in [7, 11) is 0. The van der Waals surface area contributed by atoms with Crippen LogP contribution >= 0.6 is 11.8 Å². The lowest BCUT2D eigenvalue weighted by molar-refractivity contribution is 0.276. The lowest BCUT2D eigenvalue weighted by Crippen LogP contribution is -2.37. The molecule has 90 valence electrons. The van der Waals surface area contributed by atoms with Crippen molar-refractivity contribution in [2.24, 2.45) is 0 Å². The van der Waals surface area contributed by atoms with E-state index in [1.165, 1.54) is 5.56 Å². The summed E-state index contributed by atoms with van der Waals surface area (Å²) in [6.45, 7) is 5.08. The maximum Gasteiger partial charge on any atom is 0.0564 e. The van der Waals surface area contributed by atoms with E-state index in [0.717, 1.165) is 12.2 Å². The molecule has 0 aromatic carbocycles. The van der Waals surface area contributed by atoms with Crippen LogP contribution in [0.1, 0.15) is 18.2 Å². The highest BCUT2D eigenvalue weighted by molar-refractivity contribution is 7.99. The summed E-state index contributed by atoms with van der Waals surface area (Å²) in [6, 6.07) is 4.39. The number of rotatable bonds is 6. The van der Waals surface area contributed by atoms with Gasteiger partial charge < -0.3 is 10.4 Å². The second-order valence-electron chi connectivity index (χ2n) is 3.93. The molecule has 4 heteroatoms. The number of nitrogens with zero attached hydrogens (tertiary/aromatic N) is 1. The molecule has 0 spiro atoms. The summed E-state index contributed by atoms with van der Waals surface area (Å²) in [5.41, 5.74) is 2.21. The van der Waals surface area contributed by atoms with E-state index < -0.39 is 0 Å². The summed E-state index contributed by atoms with van der Waals surface area (Å²) >= 11 is 1.69. The number of hydrogen-bond donors (Lipinski definition) is 2. The second-order valence-corrected chi connectivity index (χ2v) is 5.01. The second kappa shape index (κ2) is 6.89. The zero-order valence-electron chi connectivity index (χ0n) is 10.1. The van der Waals surface area contributed by atoms with Crippen molar-refractivity contribution in [3.05, 3.63) is 29.6 Å². The lowest BCUT2D eigenvalue weighted by atomic mass is 10.2. The van der Waals surface area contributed by atoms with Gasteiger partial charge in [-0.15, -0.1) is 0 Å². The van der Waals surface area contributed by atoms with Gasteiger partial charge in [0.05, 0.1) is 6.61 Å². The fourth-order valence-electron chi connectivity index (χ4n) is 1.45. The number of pyridine rings is 1. The number of aliphatic hydroxyl groups is 1. The molecule has 0 fully saturated rings. The van der Waals surface area contributed by atoms with Crippen LogP contribution in [0.4, 0.5) is 0 Å². The van der Waals surface area contributed by atoms with Gasteiger partial charge in [-0.3, -0.25) is 4.98 Å². The van der Waals surface area contributed by atoms with Crippen molar-refractivity contribution in [3.63, 3.8) is 0 Å². The van der Waals surface area contributed by atoms with Crippen molar-refractivity contribution in [2.45, 2.75) is 31.7 Å². The Morgan fingerprint density at radius 1 is 1.50 bits per heavy atom. The molecule has 0 amide bonds. The molecular formula is C12H20N2OS. The molecule has 2 N–H and O–H groups in total. The van der Waals surface area contributed by atoms with E-state index >= 15 is 0 Å². The van der Waals surface area contributed by atoms with Crippen molar-refractivity contribution in [2.75, 3.05) is 12.9 Å². The Labute approximate surface area is 102 Å². The van der Waals surface area contributed by atoms with E-state index in [4.69, 9.17) is 5.11 Å². The number of aryl methyl sites for hydroxylation is 1.